The van der Waals surface area contributed by atoms with Crippen LogP contribution in [-0.4, -0.2) is 25.5 Å². The Bertz CT molecular complexity index is 351. The van der Waals surface area contributed by atoms with E-state index in [2.05, 4.69) is 17.3 Å². The van der Waals surface area contributed by atoms with Gasteiger partial charge in [0.15, 0.2) is 0 Å². The van der Waals surface area contributed by atoms with E-state index in [0.717, 1.165) is 25.1 Å². The van der Waals surface area contributed by atoms with Crippen LogP contribution < -0.4 is 5.32 Å². The summed E-state index contributed by atoms with van der Waals surface area (Å²) in [7, 11) is 4.04. The second-order valence-corrected chi connectivity index (χ2v) is 4.21. The van der Waals surface area contributed by atoms with Crippen molar-refractivity contribution >= 4 is 0 Å². The monoisotopic (exact) mass is 208 g/mol. The van der Waals surface area contributed by atoms with Gasteiger partial charge in [-0.3, -0.25) is 0 Å². The van der Waals surface area contributed by atoms with E-state index in [1.165, 1.54) is 5.56 Å². The van der Waals surface area contributed by atoms with Crippen molar-refractivity contribution in [2.45, 2.75) is 19.0 Å². The molecule has 0 radical (unpaired) electrons. The Morgan fingerprint density at radius 2 is 2.27 bits per heavy atom. The van der Waals surface area contributed by atoms with Crippen molar-refractivity contribution in [1.82, 2.24) is 10.2 Å². The molecule has 0 saturated carbocycles. The Balaban J connectivity index is 2.41. The minimum absolute atomic E-state index is 0.140. The van der Waals surface area contributed by atoms with Crippen molar-refractivity contribution in [2.75, 3.05) is 20.6 Å². The summed E-state index contributed by atoms with van der Waals surface area (Å²) in [6.07, 6.45) is 1.03. The molecule has 0 aliphatic carbocycles. The van der Waals surface area contributed by atoms with Gasteiger partial charge in [-0.2, -0.15) is 0 Å². The van der Waals surface area contributed by atoms with E-state index in [4.69, 9.17) is 0 Å². The first-order valence-corrected chi connectivity index (χ1v) is 5.35. The molecule has 0 spiro atoms. The maximum atomic E-state index is 13.2. The molecule has 2 rings (SSSR count). The van der Waals surface area contributed by atoms with Gasteiger partial charge in [0.1, 0.15) is 5.82 Å². The standard InChI is InChI=1S/C12H17FN2/c1-14-12-5-6-15(2)8-9-3-4-10(13)7-11(9)12/h3-4,7,12,14H,5-6,8H2,1-2H3. The second kappa shape index (κ2) is 4.29. The van der Waals surface area contributed by atoms with Crippen molar-refractivity contribution in [3.8, 4) is 0 Å². The fourth-order valence-electron chi connectivity index (χ4n) is 2.21. The normalized spacial score (nSPS) is 22.2. The number of hydrogen-bond acceptors (Lipinski definition) is 2. The molecule has 1 aliphatic heterocycles. The molecule has 2 nitrogen and oxygen atoms in total. The summed E-state index contributed by atoms with van der Waals surface area (Å²) in [5.74, 6) is -0.140. The van der Waals surface area contributed by atoms with Gasteiger partial charge in [-0.05, 0) is 50.3 Å². The van der Waals surface area contributed by atoms with Crippen LogP contribution >= 0.6 is 0 Å². The van der Waals surface area contributed by atoms with Gasteiger partial charge >= 0.3 is 0 Å². The number of nitrogens with zero attached hydrogens (tertiary/aromatic N) is 1. The Morgan fingerprint density at radius 3 is 3.00 bits per heavy atom. The van der Waals surface area contributed by atoms with E-state index in [9.17, 15) is 4.39 Å². The molecule has 0 amide bonds. The van der Waals surface area contributed by atoms with E-state index < -0.39 is 0 Å². The summed E-state index contributed by atoms with van der Waals surface area (Å²) < 4.78 is 13.2. The minimum Gasteiger partial charge on any atom is -0.313 e. The number of nitrogens with one attached hydrogen (secondary N) is 1. The average Bonchev–Trinajstić information content (AvgIpc) is 2.37. The summed E-state index contributed by atoms with van der Waals surface area (Å²) >= 11 is 0. The molecule has 1 unspecified atom stereocenters. The molecule has 1 heterocycles. The maximum absolute atomic E-state index is 13.2. The van der Waals surface area contributed by atoms with Gasteiger partial charge in [-0.25, -0.2) is 4.39 Å². The van der Waals surface area contributed by atoms with E-state index in [-0.39, 0.29) is 11.9 Å². The molecule has 0 bridgehead atoms. The Hall–Kier alpha value is -0.930. The van der Waals surface area contributed by atoms with Gasteiger partial charge < -0.3 is 10.2 Å². The molecule has 0 fully saturated rings. The number of halogens is 1. The summed E-state index contributed by atoms with van der Waals surface area (Å²) in [6.45, 7) is 1.95. The average molecular weight is 208 g/mol. The molecular weight excluding hydrogens is 191 g/mol. The van der Waals surface area contributed by atoms with Gasteiger partial charge in [0, 0.05) is 12.6 Å². The third-order valence-electron chi connectivity index (χ3n) is 3.07. The van der Waals surface area contributed by atoms with E-state index >= 15 is 0 Å². The third kappa shape index (κ3) is 2.19. The lowest BCUT2D eigenvalue weighted by molar-refractivity contribution is 0.320. The zero-order chi connectivity index (χ0) is 10.8. The zero-order valence-corrected chi connectivity index (χ0v) is 9.26. The quantitative estimate of drug-likeness (QED) is 0.758. The Kier molecular flexibility index (Phi) is 3.03. The molecule has 1 aromatic carbocycles. The smallest absolute Gasteiger partial charge is 0.123 e. The highest BCUT2D eigenvalue weighted by atomic mass is 19.1. The SMILES string of the molecule is CNC1CCN(C)Cc2ccc(F)cc21. The molecule has 1 aliphatic rings. The predicted molar refractivity (Wildman–Crippen MR) is 59.2 cm³/mol. The van der Waals surface area contributed by atoms with Gasteiger partial charge in [0.05, 0.1) is 0 Å². The largest absolute Gasteiger partial charge is 0.313 e. The Labute approximate surface area is 90.1 Å². The topological polar surface area (TPSA) is 15.3 Å². The fourth-order valence-corrected chi connectivity index (χ4v) is 2.21. The molecule has 0 saturated heterocycles. The lowest BCUT2D eigenvalue weighted by atomic mass is 9.99. The van der Waals surface area contributed by atoms with Crippen LogP contribution in [0.1, 0.15) is 23.6 Å². The highest BCUT2D eigenvalue weighted by molar-refractivity contribution is 5.31. The summed E-state index contributed by atoms with van der Waals surface area (Å²) in [5.41, 5.74) is 2.35. The summed E-state index contributed by atoms with van der Waals surface area (Å²) in [4.78, 5) is 2.27. The first-order valence-electron chi connectivity index (χ1n) is 5.35. The zero-order valence-electron chi connectivity index (χ0n) is 9.26. The van der Waals surface area contributed by atoms with Crippen LogP contribution in [0.2, 0.25) is 0 Å². The highest BCUT2D eigenvalue weighted by Crippen LogP contribution is 2.26. The number of hydrogen-bond donors (Lipinski definition) is 1. The molecular formula is C12H17FN2. The van der Waals surface area contributed by atoms with Crippen molar-refractivity contribution in [1.29, 1.82) is 0 Å². The van der Waals surface area contributed by atoms with Crippen LogP contribution in [0, 0.1) is 5.82 Å². The molecule has 1 N–H and O–H groups in total. The van der Waals surface area contributed by atoms with E-state index in [0.29, 0.717) is 0 Å². The van der Waals surface area contributed by atoms with Crippen molar-refractivity contribution < 1.29 is 4.39 Å². The van der Waals surface area contributed by atoms with Crippen LogP contribution in [0.5, 0.6) is 0 Å². The molecule has 3 heteroatoms. The van der Waals surface area contributed by atoms with Crippen LogP contribution in [0.15, 0.2) is 18.2 Å². The molecule has 82 valence electrons. The molecule has 0 aromatic heterocycles. The van der Waals surface area contributed by atoms with Crippen molar-refractivity contribution in [2.24, 2.45) is 0 Å². The van der Waals surface area contributed by atoms with Gasteiger partial charge in [0.25, 0.3) is 0 Å². The van der Waals surface area contributed by atoms with Crippen molar-refractivity contribution in [3.05, 3.63) is 35.1 Å². The molecule has 1 aromatic rings. The van der Waals surface area contributed by atoms with E-state index in [1.807, 2.05) is 13.1 Å². The molecule has 15 heavy (non-hydrogen) atoms. The Morgan fingerprint density at radius 1 is 1.47 bits per heavy atom. The first-order chi connectivity index (χ1) is 7.20. The minimum atomic E-state index is -0.140. The summed E-state index contributed by atoms with van der Waals surface area (Å²) in [5, 5.41) is 3.25. The van der Waals surface area contributed by atoms with Crippen LogP contribution in [-0.2, 0) is 6.54 Å². The lowest BCUT2D eigenvalue weighted by Crippen LogP contribution is -2.20. The number of fused-ring (bicyclic) bond motifs is 1. The summed E-state index contributed by atoms with van der Waals surface area (Å²) in [6, 6.07) is 5.39. The van der Waals surface area contributed by atoms with Crippen LogP contribution in [0.25, 0.3) is 0 Å². The maximum Gasteiger partial charge on any atom is 0.123 e. The predicted octanol–water partition coefficient (Wildman–Crippen LogP) is 1.92. The molecule has 1 atom stereocenters. The highest BCUT2D eigenvalue weighted by Gasteiger charge is 2.19. The second-order valence-electron chi connectivity index (χ2n) is 4.21. The lowest BCUT2D eigenvalue weighted by Gasteiger charge is -2.16. The van der Waals surface area contributed by atoms with E-state index in [1.54, 1.807) is 12.1 Å². The van der Waals surface area contributed by atoms with Gasteiger partial charge in [-0.15, -0.1) is 0 Å². The fraction of sp³-hybridized carbons (Fsp3) is 0.500. The van der Waals surface area contributed by atoms with Gasteiger partial charge in [0.2, 0.25) is 0 Å². The van der Waals surface area contributed by atoms with Crippen LogP contribution in [0.4, 0.5) is 4.39 Å². The van der Waals surface area contributed by atoms with Crippen LogP contribution in [0.3, 0.4) is 0 Å². The third-order valence-corrected chi connectivity index (χ3v) is 3.07. The number of benzene rings is 1. The van der Waals surface area contributed by atoms with Gasteiger partial charge in [-0.1, -0.05) is 6.07 Å². The number of rotatable bonds is 1. The van der Waals surface area contributed by atoms with Crippen molar-refractivity contribution in [3.63, 3.8) is 0 Å². The first kappa shape index (κ1) is 10.6.